The van der Waals surface area contributed by atoms with Crippen molar-refractivity contribution in [3.8, 4) is 0 Å². The Morgan fingerprint density at radius 1 is 0.806 bits per heavy atom. The molecule has 0 fully saturated rings. The fourth-order valence-electron chi connectivity index (χ4n) is 2.66. The number of ether oxygens (including phenoxy) is 4. The Morgan fingerprint density at radius 2 is 1.39 bits per heavy atom. The maximum absolute atomic E-state index is 11.3. The van der Waals surface area contributed by atoms with Crippen LogP contribution in [0.2, 0.25) is 0 Å². The van der Waals surface area contributed by atoms with E-state index in [0.29, 0.717) is 59.2 Å². The Hall–Kier alpha value is -3.40. The van der Waals surface area contributed by atoms with Gasteiger partial charge in [0.2, 0.25) is 5.91 Å². The first-order valence-electron chi connectivity index (χ1n) is 11.3. The van der Waals surface area contributed by atoms with E-state index in [1.165, 1.54) is 12.1 Å². The van der Waals surface area contributed by atoms with Crippen molar-refractivity contribution < 1.29 is 43.5 Å². The molecular weight excluding hydrogens is 484 g/mol. The summed E-state index contributed by atoms with van der Waals surface area (Å²) in [4.78, 5) is 42.1. The van der Waals surface area contributed by atoms with Crippen molar-refractivity contribution in [3.63, 3.8) is 0 Å². The van der Waals surface area contributed by atoms with Crippen molar-refractivity contribution in [2.75, 3.05) is 71.3 Å². The molecule has 0 aromatic heterocycles. The van der Waals surface area contributed by atoms with Gasteiger partial charge in [0, 0.05) is 32.2 Å². The van der Waals surface area contributed by atoms with Crippen molar-refractivity contribution in [2.24, 2.45) is 0 Å². The summed E-state index contributed by atoms with van der Waals surface area (Å²) in [7, 11) is 0. The van der Waals surface area contributed by atoms with Gasteiger partial charge >= 0.3 is 5.97 Å². The van der Waals surface area contributed by atoms with Gasteiger partial charge in [0.15, 0.2) is 0 Å². The van der Waals surface area contributed by atoms with Gasteiger partial charge in [0.1, 0.15) is 5.69 Å². The second kappa shape index (κ2) is 18.9. The molecule has 1 aromatic rings. The third-order valence-electron chi connectivity index (χ3n) is 4.42. The quantitative estimate of drug-likeness (QED) is 0.114. The second-order valence-corrected chi connectivity index (χ2v) is 7.19. The van der Waals surface area contributed by atoms with Crippen molar-refractivity contribution in [1.82, 2.24) is 5.32 Å². The van der Waals surface area contributed by atoms with E-state index < -0.39 is 15.8 Å². The van der Waals surface area contributed by atoms with Crippen LogP contribution >= 0.6 is 0 Å². The number of nitrogens with one attached hydrogen (secondary N) is 2. The maximum atomic E-state index is 11.3. The standard InChI is InChI=1S/C21H32N4O11/c26-20(4-5-21(27)28)23-6-1-8-33-10-12-35-14-15-36-13-11-34-9-7-22-18-3-2-17(24(29)30)16-19(18)25(31)32/h2-3,16,22H,1,4-15H2,(H,23,26)(H,27,28). The Kier molecular flexibility index (Phi) is 16.1. The smallest absolute Gasteiger partial charge is 0.303 e. The number of hydrogen-bond donors (Lipinski definition) is 3. The highest BCUT2D eigenvalue weighted by molar-refractivity contribution is 5.80. The third kappa shape index (κ3) is 14.8. The molecule has 1 rings (SSSR count). The topological polar surface area (TPSA) is 202 Å². The van der Waals surface area contributed by atoms with Crippen molar-refractivity contribution >= 4 is 28.9 Å². The molecule has 0 radical (unpaired) electrons. The van der Waals surface area contributed by atoms with Gasteiger partial charge in [-0.1, -0.05) is 0 Å². The van der Waals surface area contributed by atoms with Crippen LogP contribution in [0.5, 0.6) is 0 Å². The lowest BCUT2D eigenvalue weighted by Gasteiger charge is -2.09. The predicted molar refractivity (Wildman–Crippen MR) is 126 cm³/mol. The normalized spacial score (nSPS) is 10.7. The number of carboxylic acid groups (broad SMARTS) is 1. The summed E-state index contributed by atoms with van der Waals surface area (Å²) in [5.41, 5.74) is -0.561. The van der Waals surface area contributed by atoms with E-state index >= 15 is 0 Å². The minimum atomic E-state index is -1.00. The molecule has 0 spiro atoms. The highest BCUT2D eigenvalue weighted by atomic mass is 16.6. The van der Waals surface area contributed by atoms with E-state index in [1.807, 2.05) is 0 Å². The summed E-state index contributed by atoms with van der Waals surface area (Å²) in [6.45, 7) is 3.62. The predicted octanol–water partition coefficient (Wildman–Crippen LogP) is 1.35. The molecule has 0 aliphatic heterocycles. The van der Waals surface area contributed by atoms with Crippen LogP contribution < -0.4 is 10.6 Å². The Bertz CT molecular complexity index is 838. The van der Waals surface area contributed by atoms with Gasteiger partial charge in [-0.25, -0.2) is 0 Å². The summed E-state index contributed by atoms with van der Waals surface area (Å²) in [6.07, 6.45) is 0.392. The van der Waals surface area contributed by atoms with Crippen LogP contribution in [0.15, 0.2) is 18.2 Å². The SMILES string of the molecule is O=C(O)CCC(=O)NCCCOCCOCCOCCOCCNc1ccc([N+](=O)[O-])cc1[N+](=O)[O-]. The fraction of sp³-hybridized carbons (Fsp3) is 0.619. The molecule has 0 unspecified atom stereocenters. The lowest BCUT2D eigenvalue weighted by atomic mass is 10.2. The molecule has 0 aliphatic carbocycles. The number of hydrogen-bond acceptors (Lipinski definition) is 11. The number of anilines is 1. The minimum absolute atomic E-state index is 0.0352. The lowest BCUT2D eigenvalue weighted by molar-refractivity contribution is -0.393. The number of carbonyl (C=O) groups excluding carboxylic acids is 1. The van der Waals surface area contributed by atoms with Gasteiger partial charge < -0.3 is 34.7 Å². The van der Waals surface area contributed by atoms with E-state index in [9.17, 15) is 29.8 Å². The van der Waals surface area contributed by atoms with Gasteiger partial charge in [0.05, 0.1) is 68.6 Å². The largest absolute Gasteiger partial charge is 0.481 e. The van der Waals surface area contributed by atoms with E-state index in [0.717, 1.165) is 6.07 Å². The molecule has 0 saturated heterocycles. The first-order chi connectivity index (χ1) is 17.3. The molecule has 15 nitrogen and oxygen atoms in total. The summed E-state index contributed by atoms with van der Waals surface area (Å²) < 4.78 is 21.4. The number of benzene rings is 1. The Morgan fingerprint density at radius 3 is 1.94 bits per heavy atom. The number of aliphatic carboxylic acids is 1. The summed E-state index contributed by atoms with van der Waals surface area (Å²) in [5.74, 6) is -1.30. The van der Waals surface area contributed by atoms with Crippen LogP contribution in [-0.4, -0.2) is 92.8 Å². The Balaban J connectivity index is 1.91. The Labute approximate surface area is 207 Å². The average Bonchev–Trinajstić information content (AvgIpc) is 2.84. The molecule has 202 valence electrons. The number of nitrogens with zero attached hydrogens (tertiary/aromatic N) is 2. The van der Waals surface area contributed by atoms with Crippen molar-refractivity contribution in [1.29, 1.82) is 0 Å². The van der Waals surface area contributed by atoms with Crippen LogP contribution in [0.3, 0.4) is 0 Å². The van der Waals surface area contributed by atoms with E-state index in [-0.39, 0.29) is 49.0 Å². The van der Waals surface area contributed by atoms with Crippen LogP contribution in [0, 0.1) is 20.2 Å². The molecule has 0 aliphatic rings. The van der Waals surface area contributed by atoms with Crippen molar-refractivity contribution in [2.45, 2.75) is 19.3 Å². The molecule has 0 bridgehead atoms. The summed E-state index contributed by atoms with van der Waals surface area (Å²) in [5, 5.41) is 35.7. The van der Waals surface area contributed by atoms with E-state index in [4.69, 9.17) is 24.1 Å². The number of nitro benzene ring substituents is 2. The van der Waals surface area contributed by atoms with Gasteiger partial charge in [-0.2, -0.15) is 0 Å². The van der Waals surface area contributed by atoms with Gasteiger partial charge in [-0.3, -0.25) is 29.8 Å². The molecule has 1 amide bonds. The molecular formula is C21H32N4O11. The van der Waals surface area contributed by atoms with Crippen molar-refractivity contribution in [3.05, 3.63) is 38.4 Å². The van der Waals surface area contributed by atoms with E-state index in [1.54, 1.807) is 0 Å². The van der Waals surface area contributed by atoms with Gasteiger partial charge in [-0.05, 0) is 12.5 Å². The van der Waals surface area contributed by atoms with E-state index in [2.05, 4.69) is 10.6 Å². The molecule has 0 saturated carbocycles. The lowest BCUT2D eigenvalue weighted by Crippen LogP contribution is -2.25. The number of carbonyl (C=O) groups is 2. The average molecular weight is 517 g/mol. The number of carboxylic acids is 1. The second-order valence-electron chi connectivity index (χ2n) is 7.19. The summed E-state index contributed by atoms with van der Waals surface area (Å²) >= 11 is 0. The number of amides is 1. The van der Waals surface area contributed by atoms with Gasteiger partial charge in [0.25, 0.3) is 11.4 Å². The van der Waals surface area contributed by atoms with Gasteiger partial charge in [-0.15, -0.1) is 0 Å². The zero-order valence-electron chi connectivity index (χ0n) is 19.8. The molecule has 15 heteroatoms. The number of rotatable bonds is 22. The highest BCUT2D eigenvalue weighted by Gasteiger charge is 2.19. The van der Waals surface area contributed by atoms with Crippen LogP contribution in [0.25, 0.3) is 0 Å². The number of nitro groups is 2. The van der Waals surface area contributed by atoms with Crippen LogP contribution in [0.1, 0.15) is 19.3 Å². The number of non-ortho nitro benzene ring substituents is 1. The molecule has 36 heavy (non-hydrogen) atoms. The maximum Gasteiger partial charge on any atom is 0.303 e. The van der Waals surface area contributed by atoms with Crippen LogP contribution in [-0.2, 0) is 28.5 Å². The van der Waals surface area contributed by atoms with Crippen LogP contribution in [0.4, 0.5) is 17.1 Å². The first-order valence-corrected chi connectivity index (χ1v) is 11.3. The summed E-state index contributed by atoms with van der Waals surface area (Å²) in [6, 6.07) is 3.38. The minimum Gasteiger partial charge on any atom is -0.481 e. The monoisotopic (exact) mass is 516 g/mol. The molecule has 0 atom stereocenters. The fourth-order valence-corrected chi connectivity index (χ4v) is 2.66. The molecule has 0 heterocycles. The first kappa shape index (κ1) is 30.6. The third-order valence-corrected chi connectivity index (χ3v) is 4.42. The highest BCUT2D eigenvalue weighted by Crippen LogP contribution is 2.28. The zero-order chi connectivity index (χ0) is 26.6. The molecule has 1 aromatic carbocycles. The molecule has 3 N–H and O–H groups in total. The zero-order valence-corrected chi connectivity index (χ0v) is 19.8.